The molecule has 0 aliphatic carbocycles. The Morgan fingerprint density at radius 2 is 2.00 bits per heavy atom. The van der Waals surface area contributed by atoms with Gasteiger partial charge in [0, 0.05) is 18.7 Å². The van der Waals surface area contributed by atoms with E-state index in [1.54, 1.807) is 49.9 Å². The van der Waals surface area contributed by atoms with Gasteiger partial charge in [-0.3, -0.25) is 9.69 Å². The van der Waals surface area contributed by atoms with Crippen LogP contribution in [-0.4, -0.2) is 41.8 Å². The van der Waals surface area contributed by atoms with E-state index < -0.39 is 17.3 Å². The molecule has 170 valence electrons. The molecule has 1 spiro atoms. The molecule has 9 heteroatoms. The molecule has 1 unspecified atom stereocenters. The second kappa shape index (κ2) is 8.54. The third-order valence-electron chi connectivity index (χ3n) is 5.77. The predicted octanol–water partition coefficient (Wildman–Crippen LogP) is 3.87. The molecule has 2 aliphatic rings. The fraction of sp³-hybridized carbons (Fsp3) is 0.333. The van der Waals surface area contributed by atoms with Gasteiger partial charge < -0.3 is 14.4 Å². The van der Waals surface area contributed by atoms with Crippen LogP contribution in [0.3, 0.4) is 0 Å². The van der Waals surface area contributed by atoms with Crippen LogP contribution in [-0.2, 0) is 14.3 Å². The Kier molecular flexibility index (Phi) is 5.91. The number of thiocarbonyl (C=S) groups is 1. The van der Waals surface area contributed by atoms with Gasteiger partial charge >= 0.3 is 5.97 Å². The number of carbonyl (C=O) groups is 2. The fourth-order valence-electron chi connectivity index (χ4n) is 4.16. The van der Waals surface area contributed by atoms with Gasteiger partial charge in [0.1, 0.15) is 5.82 Å². The number of hydrogen-bond donors (Lipinski definition) is 0. The third-order valence-corrected chi connectivity index (χ3v) is 6.14. The molecule has 2 aromatic rings. The third kappa shape index (κ3) is 3.75. The number of amides is 1. The van der Waals surface area contributed by atoms with Crippen molar-refractivity contribution in [3.63, 3.8) is 0 Å². The van der Waals surface area contributed by atoms with Gasteiger partial charge in [0.25, 0.3) is 5.91 Å². The summed E-state index contributed by atoms with van der Waals surface area (Å²) in [5.41, 5.74) is 0.752. The van der Waals surface area contributed by atoms with E-state index in [9.17, 15) is 19.2 Å². The van der Waals surface area contributed by atoms with Gasteiger partial charge in [-0.2, -0.15) is 5.26 Å². The summed E-state index contributed by atoms with van der Waals surface area (Å²) < 4.78 is 25.6. The summed E-state index contributed by atoms with van der Waals surface area (Å²) in [6, 6.07) is 11.2. The van der Waals surface area contributed by atoms with Crippen molar-refractivity contribution < 1.29 is 23.5 Å². The highest BCUT2D eigenvalue weighted by molar-refractivity contribution is 7.81. The number of nitriles is 1. The van der Waals surface area contributed by atoms with Crippen LogP contribution in [0.15, 0.2) is 36.4 Å². The summed E-state index contributed by atoms with van der Waals surface area (Å²) in [5, 5.41) is 9.40. The molecule has 2 aromatic carbocycles. The molecule has 0 aromatic heterocycles. The zero-order valence-corrected chi connectivity index (χ0v) is 19.2. The van der Waals surface area contributed by atoms with Gasteiger partial charge in [-0.25, -0.2) is 9.18 Å². The Balaban J connectivity index is 1.76. The molecule has 0 bridgehead atoms. The van der Waals surface area contributed by atoms with Crippen molar-refractivity contribution in [2.45, 2.75) is 38.8 Å². The first kappa shape index (κ1) is 22.8. The Morgan fingerprint density at radius 1 is 1.27 bits per heavy atom. The number of benzene rings is 2. The first-order valence-corrected chi connectivity index (χ1v) is 10.9. The second-order valence-electron chi connectivity index (χ2n) is 8.32. The number of esters is 1. The average Bonchev–Trinajstić information content (AvgIpc) is 3.31. The van der Waals surface area contributed by atoms with Crippen LogP contribution in [0.4, 0.5) is 15.8 Å². The molecular weight excluding hydrogens is 445 g/mol. The topological polar surface area (TPSA) is 82.9 Å². The quantitative estimate of drug-likeness (QED) is 0.499. The van der Waals surface area contributed by atoms with Crippen LogP contribution in [0.25, 0.3) is 0 Å². The molecule has 2 aliphatic heterocycles. The summed E-state index contributed by atoms with van der Waals surface area (Å²) in [6.45, 7) is 5.59. The standard InChI is InChI=1S/C24H22FN3O4S/c1-14(2)32-21(29)19-7-6-18(11-20(19)25)28-23(33)27(22(30)24(28)8-9-31-13-24)17-5-4-16(12-26)15(3)10-17/h4-7,10-11,14H,8-9,13H2,1-3H3. The molecule has 0 N–H and O–H groups in total. The van der Waals surface area contributed by atoms with Crippen molar-refractivity contribution in [3.05, 3.63) is 58.9 Å². The van der Waals surface area contributed by atoms with Crippen molar-refractivity contribution in [2.75, 3.05) is 23.0 Å². The van der Waals surface area contributed by atoms with E-state index in [0.29, 0.717) is 35.5 Å². The van der Waals surface area contributed by atoms with Gasteiger partial charge in [-0.1, -0.05) is 0 Å². The van der Waals surface area contributed by atoms with Gasteiger partial charge in [0.05, 0.1) is 35.6 Å². The molecule has 2 fully saturated rings. The van der Waals surface area contributed by atoms with Crippen molar-refractivity contribution in [1.29, 1.82) is 5.26 Å². The van der Waals surface area contributed by atoms with Gasteiger partial charge in [-0.05, 0) is 75.0 Å². The molecule has 2 heterocycles. The minimum absolute atomic E-state index is 0.0937. The summed E-state index contributed by atoms with van der Waals surface area (Å²) in [6.07, 6.45) is -0.0139. The van der Waals surface area contributed by atoms with Gasteiger partial charge in [-0.15, -0.1) is 0 Å². The molecule has 4 rings (SSSR count). The van der Waals surface area contributed by atoms with Crippen molar-refractivity contribution in [1.82, 2.24) is 0 Å². The number of ether oxygens (including phenoxy) is 2. The summed E-state index contributed by atoms with van der Waals surface area (Å²) >= 11 is 5.70. The summed E-state index contributed by atoms with van der Waals surface area (Å²) in [4.78, 5) is 28.8. The largest absolute Gasteiger partial charge is 0.459 e. The van der Waals surface area contributed by atoms with Crippen molar-refractivity contribution in [2.24, 2.45) is 0 Å². The number of aryl methyl sites for hydroxylation is 1. The molecule has 0 radical (unpaired) electrons. The lowest BCUT2D eigenvalue weighted by molar-refractivity contribution is -0.121. The number of anilines is 2. The maximum atomic E-state index is 14.9. The van der Waals surface area contributed by atoms with Crippen molar-refractivity contribution >= 4 is 40.6 Å². The number of hydrogen-bond acceptors (Lipinski definition) is 6. The Labute approximate surface area is 196 Å². The lowest BCUT2D eigenvalue weighted by atomic mass is 9.95. The molecule has 7 nitrogen and oxygen atoms in total. The van der Waals surface area contributed by atoms with Crippen LogP contribution < -0.4 is 9.80 Å². The molecule has 2 saturated heterocycles. The summed E-state index contributed by atoms with van der Waals surface area (Å²) in [5.74, 6) is -1.81. The molecule has 33 heavy (non-hydrogen) atoms. The number of halogens is 1. The fourth-order valence-corrected chi connectivity index (χ4v) is 4.63. The lowest BCUT2D eigenvalue weighted by Crippen LogP contribution is -2.50. The van der Waals surface area contributed by atoms with Gasteiger partial charge in [0.2, 0.25) is 0 Å². The van der Waals surface area contributed by atoms with E-state index in [2.05, 4.69) is 6.07 Å². The minimum atomic E-state index is -1.12. The van der Waals surface area contributed by atoms with E-state index in [4.69, 9.17) is 21.7 Å². The first-order chi connectivity index (χ1) is 15.7. The van der Waals surface area contributed by atoms with Crippen molar-refractivity contribution in [3.8, 4) is 6.07 Å². The number of carbonyl (C=O) groups excluding carboxylic acids is 2. The van der Waals surface area contributed by atoms with Crippen LogP contribution in [0, 0.1) is 24.1 Å². The van der Waals surface area contributed by atoms with Gasteiger partial charge in [0.15, 0.2) is 10.7 Å². The van der Waals surface area contributed by atoms with Crippen LogP contribution in [0.5, 0.6) is 0 Å². The molecular formula is C24H22FN3O4S. The van der Waals surface area contributed by atoms with E-state index in [-0.39, 0.29) is 29.3 Å². The van der Waals surface area contributed by atoms with E-state index in [0.717, 1.165) is 0 Å². The smallest absolute Gasteiger partial charge is 0.341 e. The Morgan fingerprint density at radius 3 is 2.58 bits per heavy atom. The highest BCUT2D eigenvalue weighted by Gasteiger charge is 2.58. The molecule has 1 atom stereocenters. The van der Waals surface area contributed by atoms with Crippen LogP contribution in [0.1, 0.15) is 41.8 Å². The number of nitrogens with zero attached hydrogens (tertiary/aromatic N) is 3. The van der Waals surface area contributed by atoms with E-state index >= 15 is 0 Å². The first-order valence-electron chi connectivity index (χ1n) is 10.5. The highest BCUT2D eigenvalue weighted by Crippen LogP contribution is 2.41. The average molecular weight is 468 g/mol. The maximum Gasteiger partial charge on any atom is 0.341 e. The highest BCUT2D eigenvalue weighted by atomic mass is 32.1. The second-order valence-corrected chi connectivity index (χ2v) is 8.69. The Hall–Kier alpha value is -3.35. The maximum absolute atomic E-state index is 14.9. The normalized spacial score (nSPS) is 20.1. The zero-order chi connectivity index (χ0) is 23.9. The van der Waals surface area contributed by atoms with E-state index in [1.807, 2.05) is 0 Å². The zero-order valence-electron chi connectivity index (χ0n) is 18.4. The molecule has 0 saturated carbocycles. The lowest BCUT2D eigenvalue weighted by Gasteiger charge is -2.31. The predicted molar refractivity (Wildman–Crippen MR) is 124 cm³/mol. The monoisotopic (exact) mass is 467 g/mol. The minimum Gasteiger partial charge on any atom is -0.459 e. The number of rotatable bonds is 4. The summed E-state index contributed by atoms with van der Waals surface area (Å²) in [7, 11) is 0. The Bertz CT molecular complexity index is 1200. The van der Waals surface area contributed by atoms with E-state index in [1.165, 1.54) is 17.0 Å². The van der Waals surface area contributed by atoms with Crippen LogP contribution >= 0.6 is 12.2 Å². The van der Waals surface area contributed by atoms with Crippen LogP contribution in [0.2, 0.25) is 0 Å². The SMILES string of the molecule is Cc1cc(N2C(=O)C3(CCOC3)N(c3ccc(C(=O)OC(C)C)c(F)c3)C2=S)ccc1C#N. The molecule has 1 amide bonds.